The maximum atomic E-state index is 12.1. The summed E-state index contributed by atoms with van der Waals surface area (Å²) in [5.41, 5.74) is -0.739. The van der Waals surface area contributed by atoms with Gasteiger partial charge in [0.05, 0.1) is 11.3 Å². The van der Waals surface area contributed by atoms with Gasteiger partial charge in [-0.1, -0.05) is 13.8 Å². The minimum absolute atomic E-state index is 0.137. The summed E-state index contributed by atoms with van der Waals surface area (Å²) in [5, 5.41) is 9.90. The molecule has 0 radical (unpaired) electrons. The number of likely N-dealkylation sites (N-methyl/N-ethyl adjacent to an activating group) is 1. The Morgan fingerprint density at radius 1 is 1.25 bits per heavy atom. The molecule has 28 heavy (non-hydrogen) atoms. The number of ether oxygens (including phenoxy) is 1. The summed E-state index contributed by atoms with van der Waals surface area (Å²) in [6.07, 6.45) is 1.16. The molecule has 2 N–H and O–H groups in total. The lowest BCUT2D eigenvalue weighted by Crippen LogP contribution is -2.30. The van der Waals surface area contributed by atoms with Gasteiger partial charge >= 0.3 is 11.7 Å². The number of aromatic nitrogens is 2. The van der Waals surface area contributed by atoms with E-state index < -0.39 is 23.1 Å². The van der Waals surface area contributed by atoms with Crippen molar-refractivity contribution in [2.45, 2.75) is 13.8 Å². The van der Waals surface area contributed by atoms with E-state index in [1.807, 2.05) is 13.8 Å². The normalized spacial score (nSPS) is 11.3. The van der Waals surface area contributed by atoms with Gasteiger partial charge in [-0.05, 0) is 37.4 Å². The molecule has 0 saturated carbocycles. The second-order valence-corrected chi connectivity index (χ2v) is 6.02. The van der Waals surface area contributed by atoms with E-state index in [0.717, 1.165) is 23.9 Å². The van der Waals surface area contributed by atoms with E-state index in [9.17, 15) is 19.5 Å². The van der Waals surface area contributed by atoms with Crippen LogP contribution in [0.15, 0.2) is 38.8 Å². The van der Waals surface area contributed by atoms with Crippen LogP contribution >= 0.6 is 0 Å². The fraction of sp³-hybridized carbons (Fsp3) is 0.368. The van der Waals surface area contributed by atoms with Crippen LogP contribution in [0.5, 0.6) is 5.88 Å². The van der Waals surface area contributed by atoms with Crippen LogP contribution in [0.4, 0.5) is 5.69 Å². The van der Waals surface area contributed by atoms with Crippen LogP contribution in [0, 0.1) is 0 Å². The number of esters is 1. The number of H-pyrrole nitrogens is 1. The van der Waals surface area contributed by atoms with E-state index in [-0.39, 0.29) is 5.56 Å². The first-order valence-corrected chi connectivity index (χ1v) is 8.93. The lowest BCUT2D eigenvalue weighted by atomic mass is 10.2. The summed E-state index contributed by atoms with van der Waals surface area (Å²) in [6, 6.07) is 6.31. The molecule has 0 unspecified atom stereocenters. The highest BCUT2D eigenvalue weighted by atomic mass is 16.5. The predicted octanol–water partition coefficient (Wildman–Crippen LogP) is 1.03. The van der Waals surface area contributed by atoms with Crippen molar-refractivity contribution in [2.75, 3.05) is 26.2 Å². The van der Waals surface area contributed by atoms with Crippen molar-refractivity contribution in [1.82, 2.24) is 14.5 Å². The molecule has 2 aromatic rings. The number of aromatic amines is 1. The van der Waals surface area contributed by atoms with Gasteiger partial charge in [0.1, 0.15) is 12.2 Å². The lowest BCUT2D eigenvalue weighted by molar-refractivity contribution is 0.0466. The van der Waals surface area contributed by atoms with Crippen molar-refractivity contribution in [3.05, 3.63) is 56.2 Å². The van der Waals surface area contributed by atoms with Crippen molar-refractivity contribution >= 4 is 17.9 Å². The summed E-state index contributed by atoms with van der Waals surface area (Å²) >= 11 is 0. The number of carbonyl (C=O) groups is 1. The van der Waals surface area contributed by atoms with Gasteiger partial charge in [0.15, 0.2) is 0 Å². The van der Waals surface area contributed by atoms with Crippen molar-refractivity contribution in [3.8, 4) is 5.88 Å². The summed E-state index contributed by atoms with van der Waals surface area (Å²) in [5.74, 6) is -0.902. The van der Waals surface area contributed by atoms with Crippen LogP contribution in [0.3, 0.4) is 0 Å². The largest absolute Gasteiger partial charge is 0.494 e. The third-order valence-corrected chi connectivity index (χ3v) is 4.31. The first kappa shape index (κ1) is 21.1. The molecule has 1 heterocycles. The van der Waals surface area contributed by atoms with Crippen molar-refractivity contribution in [1.29, 1.82) is 0 Å². The van der Waals surface area contributed by atoms with Gasteiger partial charge < -0.3 is 14.7 Å². The van der Waals surface area contributed by atoms with Crippen LogP contribution in [-0.2, 0) is 11.8 Å². The predicted molar refractivity (Wildman–Crippen MR) is 106 cm³/mol. The van der Waals surface area contributed by atoms with Gasteiger partial charge in [0.2, 0.25) is 5.88 Å². The molecule has 0 atom stereocenters. The topological polar surface area (TPSA) is 117 Å². The number of nitrogens with zero attached hydrogens (tertiary/aromatic N) is 3. The Morgan fingerprint density at radius 2 is 1.89 bits per heavy atom. The highest BCUT2D eigenvalue weighted by Gasteiger charge is 2.10. The maximum absolute atomic E-state index is 12.1. The monoisotopic (exact) mass is 388 g/mol. The molecule has 150 valence electrons. The highest BCUT2D eigenvalue weighted by molar-refractivity contribution is 5.90. The zero-order valence-electron chi connectivity index (χ0n) is 16.1. The summed E-state index contributed by atoms with van der Waals surface area (Å²) in [7, 11) is 1.32. The van der Waals surface area contributed by atoms with Gasteiger partial charge in [-0.15, -0.1) is 0 Å². The zero-order valence-corrected chi connectivity index (χ0v) is 16.1. The average molecular weight is 388 g/mol. The Balaban J connectivity index is 2.04. The molecule has 1 aromatic carbocycles. The Hall–Kier alpha value is -3.20. The molecule has 9 heteroatoms. The van der Waals surface area contributed by atoms with E-state index in [4.69, 9.17) is 4.74 Å². The molecule has 9 nitrogen and oxygen atoms in total. The van der Waals surface area contributed by atoms with Gasteiger partial charge in [0, 0.05) is 19.8 Å². The van der Waals surface area contributed by atoms with Crippen molar-refractivity contribution in [2.24, 2.45) is 12.0 Å². The molecule has 1 aromatic heterocycles. The number of rotatable bonds is 8. The number of hydrogen-bond donors (Lipinski definition) is 2. The Morgan fingerprint density at radius 3 is 2.50 bits per heavy atom. The average Bonchev–Trinajstić information content (AvgIpc) is 2.69. The zero-order chi connectivity index (χ0) is 20.7. The van der Waals surface area contributed by atoms with Crippen LogP contribution in [0.1, 0.15) is 29.8 Å². The second kappa shape index (κ2) is 9.65. The number of hydrogen-bond acceptors (Lipinski definition) is 7. The van der Waals surface area contributed by atoms with Crippen molar-refractivity contribution in [3.63, 3.8) is 0 Å². The first-order chi connectivity index (χ1) is 13.4. The standard InChI is InChI=1S/C19H24N4O5/c1-4-23(5-2)10-11-28-18(26)13-6-8-14(9-7-13)20-12-15-16(24)21-19(27)22(3)17(15)25/h6-9,12,25H,4-5,10-11H2,1-3H3,(H,21,24,27). The Labute approximate surface area is 161 Å². The molecule has 0 saturated heterocycles. The molecule has 0 aliphatic carbocycles. The van der Waals surface area contributed by atoms with Gasteiger partial charge in [-0.25, -0.2) is 9.59 Å². The number of aromatic hydroxyl groups is 1. The van der Waals surface area contributed by atoms with Crippen LogP contribution in [0.2, 0.25) is 0 Å². The molecule has 0 aliphatic heterocycles. The van der Waals surface area contributed by atoms with Crippen LogP contribution in [0.25, 0.3) is 0 Å². The second-order valence-electron chi connectivity index (χ2n) is 6.02. The Bertz CT molecular complexity index is 956. The van der Waals surface area contributed by atoms with E-state index in [1.54, 1.807) is 24.3 Å². The van der Waals surface area contributed by atoms with E-state index in [0.29, 0.717) is 24.4 Å². The summed E-state index contributed by atoms with van der Waals surface area (Å²) in [4.78, 5) is 43.6. The van der Waals surface area contributed by atoms with E-state index in [2.05, 4.69) is 14.9 Å². The number of nitrogens with one attached hydrogen (secondary N) is 1. The molecule has 0 spiro atoms. The first-order valence-electron chi connectivity index (χ1n) is 8.93. The molecule has 2 rings (SSSR count). The molecular weight excluding hydrogens is 364 g/mol. The molecule has 0 amide bonds. The van der Waals surface area contributed by atoms with Gasteiger partial charge in [-0.2, -0.15) is 0 Å². The summed E-state index contributed by atoms with van der Waals surface area (Å²) < 4.78 is 6.16. The Kier molecular flexibility index (Phi) is 7.28. The SMILES string of the molecule is CCN(CC)CCOC(=O)c1ccc(N=Cc2c(O)n(C)c(=O)[nH]c2=O)cc1. The third kappa shape index (κ3) is 5.17. The minimum atomic E-state index is -0.738. The van der Waals surface area contributed by atoms with E-state index in [1.165, 1.54) is 7.05 Å². The number of benzene rings is 1. The highest BCUT2D eigenvalue weighted by Crippen LogP contribution is 2.15. The molecule has 0 bridgehead atoms. The van der Waals surface area contributed by atoms with Gasteiger partial charge in [0.25, 0.3) is 5.56 Å². The summed E-state index contributed by atoms with van der Waals surface area (Å²) in [6.45, 7) is 6.89. The maximum Gasteiger partial charge on any atom is 0.338 e. The fourth-order valence-electron chi connectivity index (χ4n) is 2.46. The van der Waals surface area contributed by atoms with Crippen LogP contribution in [-0.4, -0.2) is 58.0 Å². The minimum Gasteiger partial charge on any atom is -0.494 e. The fourth-order valence-corrected chi connectivity index (χ4v) is 2.46. The smallest absolute Gasteiger partial charge is 0.338 e. The number of carbonyl (C=O) groups excluding carboxylic acids is 1. The van der Waals surface area contributed by atoms with Crippen LogP contribution < -0.4 is 11.2 Å². The molecular formula is C19H24N4O5. The number of aliphatic imine (C=N–C) groups is 1. The lowest BCUT2D eigenvalue weighted by Gasteiger charge is -2.17. The van der Waals surface area contributed by atoms with Crippen molar-refractivity contribution < 1.29 is 14.6 Å². The quantitative estimate of drug-likeness (QED) is 0.515. The third-order valence-electron chi connectivity index (χ3n) is 4.31. The molecule has 0 fully saturated rings. The molecule has 0 aliphatic rings. The van der Waals surface area contributed by atoms with E-state index >= 15 is 0 Å². The van der Waals surface area contributed by atoms with Gasteiger partial charge in [-0.3, -0.25) is 19.3 Å².